The first-order valence-corrected chi connectivity index (χ1v) is 7.90. The molecule has 1 aromatic carbocycles. The van der Waals surface area contributed by atoms with Gasteiger partial charge in [0.15, 0.2) is 5.65 Å². The number of hydrogen-bond donors (Lipinski definition) is 0. The molecule has 2 aromatic heterocycles. The van der Waals surface area contributed by atoms with Crippen molar-refractivity contribution in [3.8, 4) is 0 Å². The highest BCUT2D eigenvalue weighted by atomic mass is 35.5. The average Bonchev–Trinajstić information content (AvgIpc) is 2.92. The third-order valence-corrected chi connectivity index (χ3v) is 4.49. The lowest BCUT2D eigenvalue weighted by atomic mass is 10.0. The molecule has 0 spiro atoms. The second-order valence-electron chi connectivity index (χ2n) is 4.61. The molecule has 0 amide bonds. The maximum Gasteiger partial charge on any atom is 0.157 e. The van der Waals surface area contributed by atoms with E-state index in [4.69, 9.17) is 11.6 Å². The van der Waals surface area contributed by atoms with E-state index in [-0.39, 0.29) is 0 Å². The van der Waals surface area contributed by atoms with Crippen LogP contribution in [-0.2, 0) is 6.42 Å². The third-order valence-electron chi connectivity index (χ3n) is 3.41. The van der Waals surface area contributed by atoms with Crippen molar-refractivity contribution < 1.29 is 0 Å². The van der Waals surface area contributed by atoms with Gasteiger partial charge in [-0.25, -0.2) is 9.50 Å². The van der Waals surface area contributed by atoms with Crippen molar-refractivity contribution in [3.63, 3.8) is 0 Å². The summed E-state index contributed by atoms with van der Waals surface area (Å²) in [4.78, 5) is 5.44. The molecular formula is C15H14ClN3S. The van der Waals surface area contributed by atoms with Crippen molar-refractivity contribution in [2.24, 2.45) is 0 Å². The van der Waals surface area contributed by atoms with Gasteiger partial charge >= 0.3 is 0 Å². The number of hydrogen-bond acceptors (Lipinski definition) is 3. The van der Waals surface area contributed by atoms with E-state index in [9.17, 15) is 0 Å². The monoisotopic (exact) mass is 303 g/mol. The number of aromatic nitrogens is 3. The van der Waals surface area contributed by atoms with Crippen molar-refractivity contribution in [1.82, 2.24) is 14.6 Å². The molecular weight excluding hydrogens is 290 g/mol. The van der Waals surface area contributed by atoms with Gasteiger partial charge in [0.2, 0.25) is 0 Å². The van der Waals surface area contributed by atoms with E-state index < -0.39 is 0 Å². The zero-order valence-corrected chi connectivity index (χ0v) is 12.9. The molecule has 0 unspecified atom stereocenters. The maximum absolute atomic E-state index is 6.39. The molecule has 3 rings (SSSR count). The number of halogens is 1. The van der Waals surface area contributed by atoms with Gasteiger partial charge in [-0.2, -0.15) is 5.10 Å². The van der Waals surface area contributed by atoms with Crippen LogP contribution in [0.15, 0.2) is 41.6 Å². The zero-order chi connectivity index (χ0) is 14.1. The van der Waals surface area contributed by atoms with E-state index in [1.165, 1.54) is 10.5 Å². The molecule has 20 heavy (non-hydrogen) atoms. The quantitative estimate of drug-likeness (QED) is 0.685. The minimum absolute atomic E-state index is 0.747. The van der Waals surface area contributed by atoms with Crippen LogP contribution in [0.5, 0.6) is 0 Å². The number of rotatable bonds is 3. The van der Waals surface area contributed by atoms with E-state index in [0.717, 1.165) is 28.3 Å². The van der Waals surface area contributed by atoms with Crippen LogP contribution < -0.4 is 0 Å². The second kappa shape index (κ2) is 5.46. The van der Waals surface area contributed by atoms with Crippen LogP contribution >= 0.6 is 23.4 Å². The maximum atomic E-state index is 6.39. The summed E-state index contributed by atoms with van der Waals surface area (Å²) in [6, 6.07) is 10.4. The van der Waals surface area contributed by atoms with E-state index in [1.54, 1.807) is 18.1 Å². The first kappa shape index (κ1) is 13.5. The standard InChI is InChI=1S/C15H14ClN3S/c1-10-13(7-11-3-5-12(20-2)6-4-11)14(16)8-15-17-9-18-19(10)15/h3-6,8-9H,7H2,1-2H3. The Labute approximate surface area is 127 Å². The smallest absolute Gasteiger partial charge is 0.157 e. The predicted octanol–water partition coefficient (Wildman–Crippen LogP) is 4.00. The number of nitrogens with zero attached hydrogens (tertiary/aromatic N) is 3. The van der Waals surface area contributed by atoms with Crippen molar-refractivity contribution in [1.29, 1.82) is 0 Å². The lowest BCUT2D eigenvalue weighted by Gasteiger charge is -2.10. The minimum atomic E-state index is 0.747. The van der Waals surface area contributed by atoms with Gasteiger partial charge in [-0.05, 0) is 36.4 Å². The fourth-order valence-corrected chi connectivity index (χ4v) is 2.98. The predicted molar refractivity (Wildman–Crippen MR) is 83.8 cm³/mol. The molecule has 5 heteroatoms. The summed E-state index contributed by atoms with van der Waals surface area (Å²) in [5.41, 5.74) is 4.17. The Bertz CT molecular complexity index is 750. The number of benzene rings is 1. The summed E-state index contributed by atoms with van der Waals surface area (Å²) in [6.45, 7) is 2.03. The first-order chi connectivity index (χ1) is 9.69. The number of fused-ring (bicyclic) bond motifs is 1. The Morgan fingerprint density at radius 2 is 2.00 bits per heavy atom. The van der Waals surface area contributed by atoms with Crippen molar-refractivity contribution in [2.45, 2.75) is 18.2 Å². The van der Waals surface area contributed by atoms with Gasteiger partial charge in [-0.1, -0.05) is 23.7 Å². The molecule has 0 aliphatic carbocycles. The molecule has 0 saturated carbocycles. The molecule has 0 radical (unpaired) electrons. The highest BCUT2D eigenvalue weighted by molar-refractivity contribution is 7.98. The largest absolute Gasteiger partial charge is 0.218 e. The Hall–Kier alpha value is -1.52. The molecule has 0 aliphatic heterocycles. The Morgan fingerprint density at radius 3 is 2.70 bits per heavy atom. The summed E-state index contributed by atoms with van der Waals surface area (Å²) in [7, 11) is 0. The molecule has 3 nitrogen and oxygen atoms in total. The Balaban J connectivity index is 2.00. The van der Waals surface area contributed by atoms with Crippen molar-refractivity contribution in [2.75, 3.05) is 6.26 Å². The molecule has 0 N–H and O–H groups in total. The fourth-order valence-electron chi connectivity index (χ4n) is 2.27. The first-order valence-electron chi connectivity index (χ1n) is 6.29. The molecule has 3 aromatic rings. The highest BCUT2D eigenvalue weighted by Gasteiger charge is 2.11. The lowest BCUT2D eigenvalue weighted by Crippen LogP contribution is -2.02. The van der Waals surface area contributed by atoms with E-state index in [1.807, 2.05) is 17.5 Å². The van der Waals surface area contributed by atoms with Crippen molar-refractivity contribution in [3.05, 3.63) is 58.5 Å². The molecule has 0 atom stereocenters. The van der Waals surface area contributed by atoms with Crippen LogP contribution in [0.1, 0.15) is 16.8 Å². The Kier molecular flexibility index (Phi) is 3.68. The van der Waals surface area contributed by atoms with Gasteiger partial charge in [0.1, 0.15) is 6.33 Å². The van der Waals surface area contributed by atoms with Gasteiger partial charge in [0, 0.05) is 28.1 Å². The molecule has 102 valence electrons. The van der Waals surface area contributed by atoms with Gasteiger partial charge in [0.05, 0.1) is 0 Å². The molecule has 0 saturated heterocycles. The molecule has 0 fully saturated rings. The summed E-state index contributed by atoms with van der Waals surface area (Å²) in [5.74, 6) is 0. The third kappa shape index (κ3) is 2.41. The highest BCUT2D eigenvalue weighted by Crippen LogP contribution is 2.25. The van der Waals surface area contributed by atoms with Crippen LogP contribution in [-0.4, -0.2) is 20.9 Å². The Morgan fingerprint density at radius 1 is 1.25 bits per heavy atom. The van der Waals surface area contributed by atoms with E-state index in [2.05, 4.69) is 40.6 Å². The van der Waals surface area contributed by atoms with E-state index in [0.29, 0.717) is 0 Å². The van der Waals surface area contributed by atoms with Gasteiger partial charge in [-0.15, -0.1) is 11.8 Å². The molecule has 0 bridgehead atoms. The van der Waals surface area contributed by atoms with Crippen LogP contribution in [0.2, 0.25) is 5.02 Å². The summed E-state index contributed by atoms with van der Waals surface area (Å²) in [6.07, 6.45) is 4.43. The van der Waals surface area contributed by atoms with Gasteiger partial charge in [0.25, 0.3) is 0 Å². The SMILES string of the molecule is CSc1ccc(Cc2c(Cl)cc3ncnn3c2C)cc1. The second-order valence-corrected chi connectivity index (χ2v) is 5.90. The normalized spacial score (nSPS) is 11.2. The molecule has 0 aliphatic rings. The summed E-state index contributed by atoms with van der Waals surface area (Å²) < 4.78 is 1.83. The average molecular weight is 304 g/mol. The fraction of sp³-hybridized carbons (Fsp3) is 0.200. The summed E-state index contributed by atoms with van der Waals surface area (Å²) in [5, 5.41) is 4.98. The topological polar surface area (TPSA) is 30.2 Å². The van der Waals surface area contributed by atoms with Crippen LogP contribution in [0.3, 0.4) is 0 Å². The van der Waals surface area contributed by atoms with Crippen molar-refractivity contribution >= 4 is 29.0 Å². The van der Waals surface area contributed by atoms with Crippen LogP contribution in [0, 0.1) is 6.92 Å². The van der Waals surface area contributed by atoms with E-state index >= 15 is 0 Å². The molecule has 2 heterocycles. The zero-order valence-electron chi connectivity index (χ0n) is 11.3. The minimum Gasteiger partial charge on any atom is -0.218 e. The van der Waals surface area contributed by atoms with Crippen LogP contribution in [0.25, 0.3) is 5.65 Å². The number of thioether (sulfide) groups is 1. The lowest BCUT2D eigenvalue weighted by molar-refractivity contribution is 0.891. The number of aryl methyl sites for hydroxylation is 1. The summed E-state index contributed by atoms with van der Waals surface area (Å²) >= 11 is 8.13. The van der Waals surface area contributed by atoms with Gasteiger partial charge in [-0.3, -0.25) is 0 Å². The number of pyridine rings is 1. The van der Waals surface area contributed by atoms with Gasteiger partial charge < -0.3 is 0 Å². The van der Waals surface area contributed by atoms with Crippen LogP contribution in [0.4, 0.5) is 0 Å².